The Morgan fingerprint density at radius 1 is 1.16 bits per heavy atom. The molecule has 4 aromatic rings. The van der Waals surface area contributed by atoms with Crippen LogP contribution in [0, 0.1) is 4.78 Å². The molecule has 0 spiro atoms. The molecule has 0 fully saturated rings. The van der Waals surface area contributed by atoms with Crippen molar-refractivity contribution in [3.05, 3.63) is 59.9 Å². The van der Waals surface area contributed by atoms with E-state index in [-0.39, 0.29) is 12.4 Å². The zero-order chi connectivity index (χ0) is 21.8. The van der Waals surface area contributed by atoms with Gasteiger partial charge in [0.1, 0.15) is 18.8 Å². The molecule has 0 radical (unpaired) electrons. The summed E-state index contributed by atoms with van der Waals surface area (Å²) in [7, 11) is -1.21. The van der Waals surface area contributed by atoms with Crippen LogP contribution < -0.4 is 14.8 Å². The van der Waals surface area contributed by atoms with E-state index in [0.29, 0.717) is 27.7 Å². The maximum absolute atomic E-state index is 12.4. The number of nitrogens with one attached hydrogen (secondary N) is 2. The summed E-state index contributed by atoms with van der Waals surface area (Å²) >= 11 is 1.48. The first-order valence-corrected chi connectivity index (χ1v) is 12.1. The molecule has 0 saturated carbocycles. The summed E-state index contributed by atoms with van der Waals surface area (Å²) in [6.45, 7) is 1.99. The van der Waals surface area contributed by atoms with Crippen LogP contribution in [-0.4, -0.2) is 32.0 Å². The Labute approximate surface area is 184 Å². The molecular formula is C21H21N5O3S2. The normalized spacial score (nSPS) is 13.0. The molecule has 2 aromatic carbocycles. The van der Waals surface area contributed by atoms with E-state index < -0.39 is 9.73 Å². The monoisotopic (exact) mass is 455 g/mol. The predicted octanol–water partition coefficient (Wildman–Crippen LogP) is 4.84. The van der Waals surface area contributed by atoms with Crippen molar-refractivity contribution in [1.29, 1.82) is 4.78 Å². The Morgan fingerprint density at radius 2 is 2.03 bits per heavy atom. The van der Waals surface area contributed by atoms with Crippen molar-refractivity contribution in [3.63, 3.8) is 0 Å². The topological polar surface area (TPSA) is 110 Å². The molecule has 2 N–H and O–H groups in total. The lowest BCUT2D eigenvalue weighted by molar-refractivity contribution is 0.285. The maximum atomic E-state index is 12.4. The average molecular weight is 456 g/mol. The molecule has 0 bridgehead atoms. The Kier molecular flexibility index (Phi) is 6.01. The highest BCUT2D eigenvalue weighted by Crippen LogP contribution is 2.35. The number of rotatable bonds is 8. The van der Waals surface area contributed by atoms with E-state index in [1.54, 1.807) is 44.5 Å². The van der Waals surface area contributed by atoms with Crippen molar-refractivity contribution in [2.75, 3.05) is 18.2 Å². The number of nitrogens with zero attached hydrogens (tertiary/aromatic N) is 3. The van der Waals surface area contributed by atoms with E-state index in [1.165, 1.54) is 17.7 Å². The minimum atomic E-state index is -2.78. The van der Waals surface area contributed by atoms with Crippen LogP contribution in [0.4, 0.5) is 10.9 Å². The van der Waals surface area contributed by atoms with Gasteiger partial charge in [-0.2, -0.15) is 0 Å². The Balaban J connectivity index is 1.62. The fourth-order valence-electron chi connectivity index (χ4n) is 2.99. The zero-order valence-electron chi connectivity index (χ0n) is 17.0. The second-order valence-corrected chi connectivity index (χ2v) is 9.90. The summed E-state index contributed by atoms with van der Waals surface area (Å²) in [5.74, 6) is 1.97. The number of hydrogen-bond donors (Lipinski definition) is 2. The predicted molar refractivity (Wildman–Crippen MR) is 122 cm³/mol. The SMILES string of the molecule is CCS(=N)(=O)c1cccc(COc2cc3ncnc(Nc4nccs4)c3cc2OC)c1. The van der Waals surface area contributed by atoms with Crippen molar-refractivity contribution in [1.82, 2.24) is 15.0 Å². The van der Waals surface area contributed by atoms with Gasteiger partial charge < -0.3 is 14.8 Å². The van der Waals surface area contributed by atoms with Crippen LogP contribution in [0.3, 0.4) is 0 Å². The first-order valence-electron chi connectivity index (χ1n) is 9.47. The summed E-state index contributed by atoms with van der Waals surface area (Å²) in [6, 6.07) is 10.8. The molecule has 31 heavy (non-hydrogen) atoms. The summed E-state index contributed by atoms with van der Waals surface area (Å²) in [6.07, 6.45) is 3.20. The second-order valence-electron chi connectivity index (χ2n) is 6.60. The third kappa shape index (κ3) is 4.59. The minimum Gasteiger partial charge on any atom is -0.493 e. The first kappa shape index (κ1) is 21.0. The van der Waals surface area contributed by atoms with Gasteiger partial charge in [0.25, 0.3) is 0 Å². The lowest BCUT2D eigenvalue weighted by Gasteiger charge is -2.14. The number of methoxy groups -OCH3 is 1. The number of aromatic nitrogens is 3. The highest BCUT2D eigenvalue weighted by atomic mass is 32.2. The largest absolute Gasteiger partial charge is 0.493 e. The summed E-state index contributed by atoms with van der Waals surface area (Å²) in [4.78, 5) is 13.4. The molecule has 4 rings (SSSR count). The Bertz CT molecular complexity index is 1310. The summed E-state index contributed by atoms with van der Waals surface area (Å²) in [5, 5.41) is 6.59. The van der Waals surface area contributed by atoms with E-state index >= 15 is 0 Å². The van der Waals surface area contributed by atoms with Gasteiger partial charge in [0.15, 0.2) is 16.6 Å². The van der Waals surface area contributed by atoms with E-state index in [2.05, 4.69) is 20.3 Å². The fourth-order valence-corrected chi connectivity index (χ4v) is 4.49. The van der Waals surface area contributed by atoms with Crippen LogP contribution in [0.25, 0.3) is 10.9 Å². The van der Waals surface area contributed by atoms with E-state index in [4.69, 9.17) is 14.3 Å². The van der Waals surface area contributed by atoms with Gasteiger partial charge >= 0.3 is 0 Å². The van der Waals surface area contributed by atoms with Crippen LogP contribution in [0.2, 0.25) is 0 Å². The average Bonchev–Trinajstić information content (AvgIpc) is 3.30. The molecule has 0 amide bonds. The van der Waals surface area contributed by atoms with Crippen LogP contribution in [0.1, 0.15) is 12.5 Å². The fraction of sp³-hybridized carbons (Fsp3) is 0.190. The molecule has 1 unspecified atom stereocenters. The first-order chi connectivity index (χ1) is 15.0. The number of anilines is 2. The van der Waals surface area contributed by atoms with Gasteiger partial charge in [-0.1, -0.05) is 19.1 Å². The van der Waals surface area contributed by atoms with Gasteiger partial charge in [-0.3, -0.25) is 0 Å². The smallest absolute Gasteiger partial charge is 0.188 e. The zero-order valence-corrected chi connectivity index (χ0v) is 18.6. The highest BCUT2D eigenvalue weighted by Gasteiger charge is 2.13. The molecule has 1 atom stereocenters. The van der Waals surface area contributed by atoms with Gasteiger partial charge in [0.05, 0.1) is 22.4 Å². The molecule has 8 nitrogen and oxygen atoms in total. The molecule has 0 saturated heterocycles. The number of benzene rings is 2. The molecular weight excluding hydrogens is 434 g/mol. The molecule has 0 aliphatic heterocycles. The van der Waals surface area contributed by atoms with Gasteiger partial charge in [-0.15, -0.1) is 11.3 Å². The van der Waals surface area contributed by atoms with Crippen LogP contribution in [0.5, 0.6) is 11.5 Å². The van der Waals surface area contributed by atoms with Crippen molar-refractivity contribution in [3.8, 4) is 11.5 Å². The molecule has 10 heteroatoms. The van der Waals surface area contributed by atoms with Crippen molar-refractivity contribution in [2.24, 2.45) is 0 Å². The summed E-state index contributed by atoms with van der Waals surface area (Å²) in [5.41, 5.74) is 1.51. The van der Waals surface area contributed by atoms with Crippen LogP contribution >= 0.6 is 11.3 Å². The van der Waals surface area contributed by atoms with E-state index in [0.717, 1.165) is 16.1 Å². The number of hydrogen-bond acceptors (Lipinski definition) is 9. The van der Waals surface area contributed by atoms with Crippen LogP contribution in [0.15, 0.2) is 59.2 Å². The molecule has 160 valence electrons. The number of thiazole rings is 1. The molecule has 2 heterocycles. The molecule has 0 aliphatic rings. The molecule has 2 aromatic heterocycles. The van der Waals surface area contributed by atoms with Crippen molar-refractivity contribution >= 4 is 42.9 Å². The van der Waals surface area contributed by atoms with Gasteiger partial charge in [-0.25, -0.2) is 23.9 Å². The Morgan fingerprint density at radius 3 is 2.77 bits per heavy atom. The van der Waals surface area contributed by atoms with Gasteiger partial charge in [0, 0.05) is 33.7 Å². The second kappa shape index (κ2) is 8.86. The third-order valence-electron chi connectivity index (χ3n) is 4.66. The molecule has 0 aliphatic carbocycles. The van der Waals surface area contributed by atoms with Crippen molar-refractivity contribution in [2.45, 2.75) is 18.4 Å². The maximum Gasteiger partial charge on any atom is 0.188 e. The van der Waals surface area contributed by atoms with Gasteiger partial charge in [-0.05, 0) is 23.8 Å². The highest BCUT2D eigenvalue weighted by molar-refractivity contribution is 7.92. The quantitative estimate of drug-likeness (QED) is 0.391. The van der Waals surface area contributed by atoms with E-state index in [1.807, 2.05) is 17.5 Å². The van der Waals surface area contributed by atoms with Gasteiger partial charge in [0.2, 0.25) is 0 Å². The number of ether oxygens (including phenoxy) is 2. The van der Waals surface area contributed by atoms with Crippen molar-refractivity contribution < 1.29 is 13.7 Å². The van der Waals surface area contributed by atoms with E-state index in [9.17, 15) is 4.21 Å². The summed E-state index contributed by atoms with van der Waals surface area (Å²) < 4.78 is 31.9. The van der Waals surface area contributed by atoms with Crippen LogP contribution in [-0.2, 0) is 16.3 Å². The standard InChI is InChI=1S/C21H21N5O3S2/c1-3-31(22,27)15-6-4-5-14(9-15)12-29-19-11-17-16(10-18(19)28-2)20(25-13-24-17)26-21-23-7-8-30-21/h4-11,13,22H,3,12H2,1-2H3,(H,23,24,25,26). The minimum absolute atomic E-state index is 0.240. The third-order valence-corrected chi connectivity index (χ3v) is 7.18. The Hall–Kier alpha value is -3.24. The number of fused-ring (bicyclic) bond motifs is 1. The lowest BCUT2D eigenvalue weighted by Crippen LogP contribution is -2.04. The lowest BCUT2D eigenvalue weighted by atomic mass is 10.2.